The van der Waals surface area contributed by atoms with Gasteiger partial charge in [-0.2, -0.15) is 0 Å². The topological polar surface area (TPSA) is 110 Å². The number of carboxylic acid groups (broad SMARTS) is 1. The number of hydrogen-bond acceptors (Lipinski definition) is 4. The van der Waals surface area contributed by atoms with Crippen LogP contribution in [-0.4, -0.2) is 77.3 Å². The molecule has 0 radical (unpaired) electrons. The van der Waals surface area contributed by atoms with Crippen LogP contribution in [0.2, 0.25) is 0 Å². The van der Waals surface area contributed by atoms with Gasteiger partial charge in [0.1, 0.15) is 0 Å². The second-order valence-electron chi connectivity index (χ2n) is 5.53. The maximum atomic E-state index is 12.1. The summed E-state index contributed by atoms with van der Waals surface area (Å²) >= 11 is 0. The molecule has 21 heavy (non-hydrogen) atoms. The van der Waals surface area contributed by atoms with Gasteiger partial charge in [0.05, 0.1) is 12.0 Å². The average Bonchev–Trinajstić information content (AvgIpc) is 2.42. The van der Waals surface area contributed by atoms with Crippen LogP contribution in [-0.2, 0) is 9.59 Å². The van der Waals surface area contributed by atoms with E-state index < -0.39 is 29.9 Å². The van der Waals surface area contributed by atoms with E-state index >= 15 is 0 Å². The monoisotopic (exact) mass is 301 g/mol. The van der Waals surface area contributed by atoms with Crippen molar-refractivity contribution in [2.75, 3.05) is 27.2 Å². The van der Waals surface area contributed by atoms with Gasteiger partial charge in [0, 0.05) is 27.2 Å². The lowest BCUT2D eigenvalue weighted by molar-refractivity contribution is -0.145. The Morgan fingerprint density at radius 1 is 1.33 bits per heavy atom. The molecule has 1 aliphatic rings. The highest BCUT2D eigenvalue weighted by atomic mass is 16.4. The molecule has 0 bridgehead atoms. The van der Waals surface area contributed by atoms with Crippen molar-refractivity contribution in [3.63, 3.8) is 0 Å². The molecule has 1 rings (SSSR count). The first-order valence-electron chi connectivity index (χ1n) is 6.91. The fourth-order valence-corrected chi connectivity index (χ4v) is 2.31. The van der Waals surface area contributed by atoms with Crippen LogP contribution in [0.3, 0.4) is 0 Å². The minimum Gasteiger partial charge on any atom is -0.480 e. The Morgan fingerprint density at radius 3 is 2.43 bits per heavy atom. The Morgan fingerprint density at radius 2 is 1.95 bits per heavy atom. The maximum absolute atomic E-state index is 12.1. The molecule has 120 valence electrons. The molecule has 3 amide bonds. The van der Waals surface area contributed by atoms with Crippen molar-refractivity contribution < 1.29 is 24.6 Å². The first-order chi connectivity index (χ1) is 9.73. The molecule has 0 aromatic rings. The molecular formula is C13H23N3O5. The van der Waals surface area contributed by atoms with Gasteiger partial charge in [-0.25, -0.2) is 9.59 Å². The number of urea groups is 1. The molecule has 1 saturated heterocycles. The van der Waals surface area contributed by atoms with E-state index in [9.17, 15) is 19.5 Å². The van der Waals surface area contributed by atoms with Crippen LogP contribution in [0.1, 0.15) is 19.8 Å². The predicted molar refractivity (Wildman–Crippen MR) is 74.6 cm³/mol. The van der Waals surface area contributed by atoms with E-state index in [2.05, 4.69) is 5.32 Å². The minimum absolute atomic E-state index is 0.169. The fourth-order valence-electron chi connectivity index (χ4n) is 2.31. The summed E-state index contributed by atoms with van der Waals surface area (Å²) in [6, 6.07) is -1.50. The summed E-state index contributed by atoms with van der Waals surface area (Å²) in [5, 5.41) is 20.7. The minimum atomic E-state index is -1.34. The van der Waals surface area contributed by atoms with Crippen molar-refractivity contribution in [1.29, 1.82) is 0 Å². The van der Waals surface area contributed by atoms with Crippen LogP contribution in [0.25, 0.3) is 0 Å². The first-order valence-corrected chi connectivity index (χ1v) is 6.91. The lowest BCUT2D eigenvalue weighted by Gasteiger charge is -2.34. The van der Waals surface area contributed by atoms with E-state index in [4.69, 9.17) is 5.11 Å². The summed E-state index contributed by atoms with van der Waals surface area (Å²) in [5.74, 6) is -2.18. The van der Waals surface area contributed by atoms with Crippen molar-refractivity contribution >= 4 is 17.9 Å². The number of amides is 3. The molecule has 3 unspecified atom stereocenters. The van der Waals surface area contributed by atoms with Gasteiger partial charge in [-0.05, 0) is 19.8 Å². The zero-order valence-electron chi connectivity index (χ0n) is 12.6. The number of aliphatic hydroxyl groups is 1. The Labute approximate surface area is 123 Å². The van der Waals surface area contributed by atoms with E-state index in [1.807, 2.05) is 0 Å². The molecule has 1 aliphatic heterocycles. The second-order valence-corrected chi connectivity index (χ2v) is 5.53. The summed E-state index contributed by atoms with van der Waals surface area (Å²) in [7, 11) is 3.28. The van der Waals surface area contributed by atoms with Crippen LogP contribution in [0.4, 0.5) is 4.79 Å². The summed E-state index contributed by atoms with van der Waals surface area (Å²) in [5.41, 5.74) is 0. The fraction of sp³-hybridized carbons (Fsp3) is 0.769. The first kappa shape index (κ1) is 17.2. The molecule has 0 aromatic carbocycles. The third-order valence-electron chi connectivity index (χ3n) is 3.49. The van der Waals surface area contributed by atoms with Gasteiger partial charge in [0.2, 0.25) is 5.91 Å². The van der Waals surface area contributed by atoms with Crippen LogP contribution >= 0.6 is 0 Å². The zero-order chi connectivity index (χ0) is 16.2. The normalized spacial score (nSPS) is 21.3. The third-order valence-corrected chi connectivity index (χ3v) is 3.49. The van der Waals surface area contributed by atoms with E-state index in [0.717, 1.165) is 0 Å². The largest absolute Gasteiger partial charge is 0.480 e. The summed E-state index contributed by atoms with van der Waals surface area (Å²) in [6.45, 7) is 2.15. The predicted octanol–water partition coefficient (Wildman–Crippen LogP) is -0.670. The molecular weight excluding hydrogens is 278 g/mol. The van der Waals surface area contributed by atoms with Crippen molar-refractivity contribution in [3.8, 4) is 0 Å². The summed E-state index contributed by atoms with van der Waals surface area (Å²) in [4.78, 5) is 38.0. The van der Waals surface area contributed by atoms with Crippen molar-refractivity contribution in [2.45, 2.75) is 31.9 Å². The van der Waals surface area contributed by atoms with Crippen LogP contribution in [0, 0.1) is 5.92 Å². The number of nitrogens with one attached hydrogen (secondary N) is 1. The lowest BCUT2D eigenvalue weighted by atomic mass is 9.96. The van der Waals surface area contributed by atoms with Gasteiger partial charge in [0.25, 0.3) is 0 Å². The molecule has 0 aromatic heterocycles. The third kappa shape index (κ3) is 4.59. The van der Waals surface area contributed by atoms with Crippen molar-refractivity contribution in [3.05, 3.63) is 0 Å². The standard InChI is InChI=1S/C13H23N3O5/c1-8(17)10(12(19)20)14-11(18)9-5-4-6-16(7-9)13(21)15(2)3/h8-10,17H,4-7H2,1-3H3,(H,14,18)(H,19,20). The molecule has 8 nitrogen and oxygen atoms in total. The lowest BCUT2D eigenvalue weighted by Crippen LogP contribution is -2.53. The smallest absolute Gasteiger partial charge is 0.328 e. The number of carbonyl (C=O) groups excluding carboxylic acids is 2. The number of hydrogen-bond donors (Lipinski definition) is 3. The summed E-state index contributed by atoms with van der Waals surface area (Å²) < 4.78 is 0. The SMILES string of the molecule is CC(O)C(NC(=O)C1CCCN(C(=O)N(C)C)C1)C(=O)O. The Balaban J connectivity index is 2.65. The number of carboxylic acids is 1. The maximum Gasteiger partial charge on any atom is 0.328 e. The Hall–Kier alpha value is -1.83. The van der Waals surface area contributed by atoms with Gasteiger partial charge < -0.3 is 25.3 Å². The van der Waals surface area contributed by atoms with Gasteiger partial charge in [0.15, 0.2) is 6.04 Å². The van der Waals surface area contributed by atoms with Crippen LogP contribution in [0.15, 0.2) is 0 Å². The second kappa shape index (κ2) is 7.26. The molecule has 0 aliphatic carbocycles. The summed E-state index contributed by atoms with van der Waals surface area (Å²) in [6.07, 6.45) is 0.0915. The molecule has 0 spiro atoms. The number of aliphatic carboxylic acids is 1. The van der Waals surface area contributed by atoms with Gasteiger partial charge in [-0.1, -0.05) is 0 Å². The Kier molecular flexibility index (Phi) is 5.95. The van der Waals surface area contributed by atoms with Gasteiger partial charge in [-0.3, -0.25) is 4.79 Å². The molecule has 0 saturated carbocycles. The molecule has 8 heteroatoms. The molecule has 3 N–H and O–H groups in total. The zero-order valence-corrected chi connectivity index (χ0v) is 12.6. The molecule has 1 heterocycles. The number of likely N-dealkylation sites (tertiary alicyclic amines) is 1. The van der Waals surface area contributed by atoms with E-state index in [1.54, 1.807) is 19.0 Å². The van der Waals surface area contributed by atoms with Crippen molar-refractivity contribution in [1.82, 2.24) is 15.1 Å². The number of aliphatic hydroxyl groups excluding tert-OH is 1. The van der Waals surface area contributed by atoms with E-state index in [1.165, 1.54) is 11.8 Å². The highest BCUT2D eigenvalue weighted by Gasteiger charge is 2.32. The van der Waals surface area contributed by atoms with Gasteiger partial charge in [-0.15, -0.1) is 0 Å². The number of carbonyl (C=O) groups is 3. The number of piperidine rings is 1. The average molecular weight is 301 g/mol. The van der Waals surface area contributed by atoms with Crippen LogP contribution < -0.4 is 5.32 Å². The Bertz CT molecular complexity index is 411. The molecule has 3 atom stereocenters. The van der Waals surface area contributed by atoms with Crippen LogP contribution in [0.5, 0.6) is 0 Å². The quantitative estimate of drug-likeness (QED) is 0.638. The number of rotatable bonds is 4. The van der Waals surface area contributed by atoms with Crippen molar-refractivity contribution in [2.24, 2.45) is 5.92 Å². The van der Waals surface area contributed by atoms with Gasteiger partial charge >= 0.3 is 12.0 Å². The number of nitrogens with zero attached hydrogens (tertiary/aromatic N) is 2. The van der Waals surface area contributed by atoms with E-state index in [0.29, 0.717) is 19.4 Å². The highest BCUT2D eigenvalue weighted by molar-refractivity contribution is 5.86. The molecule has 1 fully saturated rings. The van der Waals surface area contributed by atoms with E-state index in [-0.39, 0.29) is 12.6 Å². The highest BCUT2D eigenvalue weighted by Crippen LogP contribution is 2.18.